The molecule has 0 bridgehead atoms. The topological polar surface area (TPSA) is 103 Å². The van der Waals surface area contributed by atoms with Crippen LogP contribution in [0.2, 0.25) is 0 Å². The zero-order valence-electron chi connectivity index (χ0n) is 19.3. The summed E-state index contributed by atoms with van der Waals surface area (Å²) in [6, 6.07) is 10.9. The number of nitrogens with zero attached hydrogens (tertiary/aromatic N) is 3. The van der Waals surface area contributed by atoms with Crippen molar-refractivity contribution in [3.8, 4) is 28.4 Å². The van der Waals surface area contributed by atoms with Crippen molar-refractivity contribution >= 4 is 48.9 Å². The van der Waals surface area contributed by atoms with Gasteiger partial charge in [0.2, 0.25) is 21.7 Å². The van der Waals surface area contributed by atoms with Crippen molar-refractivity contribution in [2.45, 2.75) is 0 Å². The van der Waals surface area contributed by atoms with Gasteiger partial charge in [0.1, 0.15) is 0 Å². The van der Waals surface area contributed by atoms with E-state index in [1.165, 1.54) is 28.9 Å². The summed E-state index contributed by atoms with van der Waals surface area (Å²) in [6.45, 7) is 0. The molecule has 4 aromatic rings. The van der Waals surface area contributed by atoms with Crippen LogP contribution < -0.4 is 23.8 Å². The van der Waals surface area contributed by atoms with Crippen molar-refractivity contribution in [3.05, 3.63) is 48.0 Å². The number of sulfonamides is 1. The second-order valence-electron chi connectivity index (χ2n) is 7.34. The average Bonchev–Trinajstić information content (AvgIpc) is 3.25. The molecule has 9 nitrogen and oxygen atoms in total. The number of fused-ring (bicyclic) bond motifs is 1. The normalized spacial score (nSPS) is 11.3. The molecule has 0 saturated carbocycles. The lowest BCUT2D eigenvalue weighted by atomic mass is 10.1. The largest absolute Gasteiger partial charge is 0.493 e. The monoisotopic (exact) mass is 500 g/mol. The smallest absolute Gasteiger partial charge is 0.232 e. The minimum atomic E-state index is -3.43. The lowest BCUT2D eigenvalue weighted by Crippen LogP contribution is -2.25. The van der Waals surface area contributed by atoms with Crippen LogP contribution in [-0.4, -0.2) is 53.0 Å². The molecule has 34 heavy (non-hydrogen) atoms. The van der Waals surface area contributed by atoms with Gasteiger partial charge < -0.3 is 19.5 Å². The van der Waals surface area contributed by atoms with E-state index in [9.17, 15) is 8.42 Å². The van der Waals surface area contributed by atoms with Crippen LogP contribution >= 0.6 is 11.3 Å². The van der Waals surface area contributed by atoms with Crippen molar-refractivity contribution in [3.63, 3.8) is 0 Å². The van der Waals surface area contributed by atoms with Crippen molar-refractivity contribution < 1.29 is 22.6 Å². The van der Waals surface area contributed by atoms with Crippen LogP contribution in [0.15, 0.2) is 48.0 Å². The van der Waals surface area contributed by atoms with Gasteiger partial charge in [-0.15, -0.1) is 11.3 Å². The molecule has 0 saturated heterocycles. The molecule has 1 N–H and O–H groups in total. The molecule has 0 aliphatic heterocycles. The first kappa shape index (κ1) is 23.6. The Balaban J connectivity index is 1.78. The first-order valence-electron chi connectivity index (χ1n) is 10.1. The van der Waals surface area contributed by atoms with E-state index < -0.39 is 10.0 Å². The van der Waals surface area contributed by atoms with E-state index in [4.69, 9.17) is 19.2 Å². The molecule has 0 atom stereocenters. The number of thiophene rings is 1. The minimum absolute atomic E-state index is 0.371. The number of ether oxygens (including phenoxy) is 3. The fraction of sp³-hybridized carbons (Fsp3) is 0.217. The standard InChI is InChI=1S/C23H24N4O5S2/c1-27(34(5,28)29)17-9-7-6-8-15(17)16-13-33-20-12-24-23(26-21(16)20)25-14-10-18(30-2)22(32-4)19(11-14)31-3/h6-13H,1-5H3,(H,24,25,26). The Morgan fingerprint density at radius 2 is 1.68 bits per heavy atom. The van der Waals surface area contributed by atoms with Gasteiger partial charge in [0.25, 0.3) is 0 Å². The van der Waals surface area contributed by atoms with E-state index >= 15 is 0 Å². The van der Waals surface area contributed by atoms with Gasteiger partial charge in [0, 0.05) is 41.4 Å². The van der Waals surface area contributed by atoms with E-state index in [1.807, 2.05) is 23.6 Å². The van der Waals surface area contributed by atoms with Crippen LogP contribution in [0.4, 0.5) is 17.3 Å². The Morgan fingerprint density at radius 3 is 2.29 bits per heavy atom. The Morgan fingerprint density at radius 1 is 1.00 bits per heavy atom. The third kappa shape index (κ3) is 4.44. The molecule has 0 radical (unpaired) electrons. The van der Waals surface area contributed by atoms with Gasteiger partial charge in [-0.1, -0.05) is 18.2 Å². The van der Waals surface area contributed by atoms with Gasteiger partial charge in [-0.05, 0) is 6.07 Å². The molecule has 0 aliphatic carbocycles. The van der Waals surface area contributed by atoms with Crippen LogP contribution in [0.25, 0.3) is 21.3 Å². The molecule has 11 heteroatoms. The van der Waals surface area contributed by atoms with Gasteiger partial charge >= 0.3 is 0 Å². The highest BCUT2D eigenvalue weighted by Crippen LogP contribution is 2.41. The number of hydrogen-bond donors (Lipinski definition) is 1. The molecule has 0 amide bonds. The summed E-state index contributed by atoms with van der Waals surface area (Å²) in [6.07, 6.45) is 2.91. The number of methoxy groups -OCH3 is 3. The first-order valence-corrected chi connectivity index (χ1v) is 12.8. The molecular formula is C23H24N4O5S2. The second-order valence-corrected chi connectivity index (χ2v) is 10.3. The van der Waals surface area contributed by atoms with Crippen molar-refractivity contribution in [1.82, 2.24) is 9.97 Å². The fourth-order valence-electron chi connectivity index (χ4n) is 3.52. The third-order valence-corrected chi connectivity index (χ3v) is 7.36. The summed E-state index contributed by atoms with van der Waals surface area (Å²) >= 11 is 1.49. The van der Waals surface area contributed by atoms with Gasteiger partial charge in [0.05, 0.1) is 49.7 Å². The Hall–Kier alpha value is -3.57. The molecule has 0 unspecified atom stereocenters. The van der Waals surface area contributed by atoms with Gasteiger partial charge in [-0.2, -0.15) is 0 Å². The molecule has 0 fully saturated rings. The second kappa shape index (κ2) is 9.35. The summed E-state index contributed by atoms with van der Waals surface area (Å²) in [4.78, 5) is 9.16. The molecular weight excluding hydrogens is 476 g/mol. The molecule has 2 heterocycles. The summed E-state index contributed by atoms with van der Waals surface area (Å²) in [7, 11) is 2.74. The highest BCUT2D eigenvalue weighted by Gasteiger charge is 2.20. The Labute approximate surface area is 202 Å². The van der Waals surface area contributed by atoms with Crippen LogP contribution in [0, 0.1) is 0 Å². The number of aromatic nitrogens is 2. The van der Waals surface area contributed by atoms with Crippen LogP contribution in [0.1, 0.15) is 0 Å². The fourth-order valence-corrected chi connectivity index (χ4v) is 4.90. The maximum Gasteiger partial charge on any atom is 0.232 e. The summed E-state index contributed by atoms with van der Waals surface area (Å²) in [5, 5.41) is 5.14. The number of rotatable bonds is 8. The first-order chi connectivity index (χ1) is 16.3. The summed E-state index contributed by atoms with van der Waals surface area (Å²) < 4.78 is 42.7. The van der Waals surface area contributed by atoms with Crippen LogP contribution in [-0.2, 0) is 10.0 Å². The van der Waals surface area contributed by atoms with Gasteiger partial charge in [-0.25, -0.2) is 18.4 Å². The van der Waals surface area contributed by atoms with E-state index in [-0.39, 0.29) is 0 Å². The minimum Gasteiger partial charge on any atom is -0.493 e. The summed E-state index contributed by atoms with van der Waals surface area (Å²) in [5.74, 6) is 1.85. The number of benzene rings is 2. The maximum absolute atomic E-state index is 12.2. The average molecular weight is 501 g/mol. The quantitative estimate of drug-likeness (QED) is 0.377. The molecule has 0 aliphatic rings. The van der Waals surface area contributed by atoms with E-state index in [0.29, 0.717) is 40.1 Å². The summed E-state index contributed by atoms with van der Waals surface area (Å²) in [5.41, 5.74) is 3.52. The maximum atomic E-state index is 12.2. The predicted octanol–water partition coefficient (Wildman–Crippen LogP) is 4.52. The lowest BCUT2D eigenvalue weighted by molar-refractivity contribution is 0.324. The number of para-hydroxylation sites is 1. The molecule has 2 aromatic carbocycles. The van der Waals surface area contributed by atoms with Gasteiger partial charge in [0.15, 0.2) is 11.5 Å². The van der Waals surface area contributed by atoms with Crippen molar-refractivity contribution in [1.29, 1.82) is 0 Å². The number of hydrogen-bond acceptors (Lipinski definition) is 9. The van der Waals surface area contributed by atoms with E-state index in [2.05, 4.69) is 10.3 Å². The highest BCUT2D eigenvalue weighted by atomic mass is 32.2. The zero-order chi connectivity index (χ0) is 24.5. The lowest BCUT2D eigenvalue weighted by Gasteiger charge is -2.20. The SMILES string of the molecule is COc1cc(Nc2ncc3scc(-c4ccccc4N(C)S(C)(=O)=O)c3n2)cc(OC)c1OC. The Bertz CT molecular complexity index is 1430. The number of nitrogens with one attached hydrogen (secondary N) is 1. The van der Waals surface area contributed by atoms with E-state index in [1.54, 1.807) is 45.7 Å². The van der Waals surface area contributed by atoms with E-state index in [0.717, 1.165) is 15.8 Å². The predicted molar refractivity (Wildman–Crippen MR) is 135 cm³/mol. The van der Waals surface area contributed by atoms with Crippen molar-refractivity contribution in [2.75, 3.05) is 44.3 Å². The van der Waals surface area contributed by atoms with Crippen molar-refractivity contribution in [2.24, 2.45) is 0 Å². The molecule has 0 spiro atoms. The zero-order valence-corrected chi connectivity index (χ0v) is 21.0. The Kier molecular flexibility index (Phi) is 6.49. The van der Waals surface area contributed by atoms with Gasteiger partial charge in [-0.3, -0.25) is 4.31 Å². The molecule has 2 aromatic heterocycles. The third-order valence-electron chi connectivity index (χ3n) is 5.27. The van der Waals surface area contributed by atoms with Crippen LogP contribution in [0.3, 0.4) is 0 Å². The molecule has 178 valence electrons. The highest BCUT2D eigenvalue weighted by molar-refractivity contribution is 7.92. The number of anilines is 3. The van der Waals surface area contributed by atoms with Crippen LogP contribution in [0.5, 0.6) is 17.2 Å². The molecule has 4 rings (SSSR count).